The van der Waals surface area contributed by atoms with Gasteiger partial charge in [-0.05, 0) is 56.0 Å². The Kier molecular flexibility index (Phi) is 4.48. The van der Waals surface area contributed by atoms with Crippen LogP contribution >= 0.6 is 0 Å². The van der Waals surface area contributed by atoms with Crippen LogP contribution in [-0.4, -0.2) is 37.6 Å². The van der Waals surface area contributed by atoms with E-state index in [2.05, 4.69) is 31.0 Å². The molecular formula is C15H30N2. The third-order valence-electron chi connectivity index (χ3n) is 5.29. The van der Waals surface area contributed by atoms with E-state index in [1.807, 2.05) is 0 Å². The Labute approximate surface area is 107 Å². The average Bonchev–Trinajstić information content (AvgIpc) is 2.35. The van der Waals surface area contributed by atoms with Crippen LogP contribution in [0.3, 0.4) is 0 Å². The summed E-state index contributed by atoms with van der Waals surface area (Å²) in [6.07, 6.45) is 5.53. The minimum Gasteiger partial charge on any atom is -0.316 e. The van der Waals surface area contributed by atoms with E-state index >= 15 is 0 Å². The fourth-order valence-electron chi connectivity index (χ4n) is 3.55. The topological polar surface area (TPSA) is 15.3 Å². The highest BCUT2D eigenvalue weighted by molar-refractivity contribution is 4.89. The molecule has 17 heavy (non-hydrogen) atoms. The van der Waals surface area contributed by atoms with Crippen molar-refractivity contribution in [2.75, 3.05) is 32.7 Å². The lowest BCUT2D eigenvalue weighted by atomic mass is 9.77. The van der Waals surface area contributed by atoms with Gasteiger partial charge in [-0.3, -0.25) is 0 Å². The van der Waals surface area contributed by atoms with E-state index in [0.29, 0.717) is 5.41 Å². The summed E-state index contributed by atoms with van der Waals surface area (Å²) in [5.41, 5.74) is 0.568. The van der Waals surface area contributed by atoms with Gasteiger partial charge in [0.15, 0.2) is 0 Å². The van der Waals surface area contributed by atoms with Crippen LogP contribution in [0.4, 0.5) is 0 Å². The number of nitrogens with zero attached hydrogens (tertiary/aromatic N) is 1. The van der Waals surface area contributed by atoms with Gasteiger partial charge < -0.3 is 10.2 Å². The van der Waals surface area contributed by atoms with Crippen molar-refractivity contribution in [3.63, 3.8) is 0 Å². The molecule has 2 saturated heterocycles. The van der Waals surface area contributed by atoms with Crippen molar-refractivity contribution in [2.45, 2.75) is 46.5 Å². The molecule has 100 valence electrons. The molecule has 2 fully saturated rings. The molecule has 0 aromatic rings. The lowest BCUT2D eigenvalue weighted by Crippen LogP contribution is -2.50. The largest absolute Gasteiger partial charge is 0.316 e. The van der Waals surface area contributed by atoms with Crippen molar-refractivity contribution in [2.24, 2.45) is 17.3 Å². The van der Waals surface area contributed by atoms with E-state index in [1.54, 1.807) is 0 Å². The second-order valence-electron chi connectivity index (χ2n) is 6.61. The second kappa shape index (κ2) is 5.71. The van der Waals surface area contributed by atoms with Crippen LogP contribution in [0.25, 0.3) is 0 Å². The number of rotatable bonds is 3. The van der Waals surface area contributed by atoms with Crippen LogP contribution in [0, 0.1) is 17.3 Å². The molecule has 2 rings (SSSR count). The van der Waals surface area contributed by atoms with Gasteiger partial charge in [-0.25, -0.2) is 0 Å². The first kappa shape index (κ1) is 13.4. The summed E-state index contributed by atoms with van der Waals surface area (Å²) in [6, 6.07) is 0. The molecule has 2 aliphatic heterocycles. The van der Waals surface area contributed by atoms with Gasteiger partial charge in [0.1, 0.15) is 0 Å². The van der Waals surface area contributed by atoms with E-state index < -0.39 is 0 Å². The molecular weight excluding hydrogens is 208 g/mol. The molecule has 1 N–H and O–H groups in total. The summed E-state index contributed by atoms with van der Waals surface area (Å²) in [4.78, 5) is 2.74. The van der Waals surface area contributed by atoms with Gasteiger partial charge in [-0.2, -0.15) is 0 Å². The third kappa shape index (κ3) is 3.23. The number of hydrogen-bond donors (Lipinski definition) is 1. The molecule has 0 aromatic heterocycles. The fraction of sp³-hybridized carbons (Fsp3) is 1.00. The summed E-state index contributed by atoms with van der Waals surface area (Å²) in [5, 5.41) is 3.61. The van der Waals surface area contributed by atoms with Gasteiger partial charge in [0.2, 0.25) is 0 Å². The van der Waals surface area contributed by atoms with Gasteiger partial charge in [0.25, 0.3) is 0 Å². The minimum atomic E-state index is 0.568. The quantitative estimate of drug-likeness (QED) is 0.813. The van der Waals surface area contributed by atoms with Crippen molar-refractivity contribution >= 4 is 0 Å². The molecule has 0 saturated carbocycles. The summed E-state index contributed by atoms with van der Waals surface area (Å²) < 4.78 is 0. The predicted molar refractivity (Wildman–Crippen MR) is 74.2 cm³/mol. The van der Waals surface area contributed by atoms with Crippen molar-refractivity contribution < 1.29 is 0 Å². The molecule has 0 aromatic carbocycles. The van der Waals surface area contributed by atoms with Crippen molar-refractivity contribution in [3.8, 4) is 0 Å². The van der Waals surface area contributed by atoms with Gasteiger partial charge in [0, 0.05) is 19.6 Å². The first-order valence-corrected chi connectivity index (χ1v) is 7.58. The third-order valence-corrected chi connectivity index (χ3v) is 5.29. The van der Waals surface area contributed by atoms with Crippen LogP contribution < -0.4 is 5.32 Å². The minimum absolute atomic E-state index is 0.568. The summed E-state index contributed by atoms with van der Waals surface area (Å²) in [7, 11) is 0. The zero-order chi connectivity index (χ0) is 12.3. The smallest absolute Gasteiger partial charge is 0.00502 e. The highest BCUT2D eigenvalue weighted by atomic mass is 15.1. The van der Waals surface area contributed by atoms with Crippen LogP contribution in [0.2, 0.25) is 0 Å². The molecule has 0 aliphatic carbocycles. The number of hydrogen-bond acceptors (Lipinski definition) is 2. The fourth-order valence-corrected chi connectivity index (χ4v) is 3.55. The predicted octanol–water partition coefficient (Wildman–Crippen LogP) is 2.74. The summed E-state index contributed by atoms with van der Waals surface area (Å²) >= 11 is 0. The zero-order valence-electron chi connectivity index (χ0n) is 12.0. The Morgan fingerprint density at radius 2 is 2.12 bits per heavy atom. The van der Waals surface area contributed by atoms with Crippen LogP contribution in [0.5, 0.6) is 0 Å². The number of piperidine rings is 2. The highest BCUT2D eigenvalue weighted by Crippen LogP contribution is 2.33. The molecule has 2 heteroatoms. The van der Waals surface area contributed by atoms with E-state index in [9.17, 15) is 0 Å². The Morgan fingerprint density at radius 1 is 1.29 bits per heavy atom. The van der Waals surface area contributed by atoms with Crippen molar-refractivity contribution in [3.05, 3.63) is 0 Å². The lowest BCUT2D eigenvalue weighted by molar-refractivity contribution is 0.0647. The van der Waals surface area contributed by atoms with Gasteiger partial charge in [-0.1, -0.05) is 20.8 Å². The maximum atomic E-state index is 3.61. The maximum Gasteiger partial charge on any atom is 0.00502 e. The van der Waals surface area contributed by atoms with Crippen LogP contribution in [0.1, 0.15) is 46.5 Å². The molecule has 2 nitrogen and oxygen atoms in total. The van der Waals surface area contributed by atoms with Gasteiger partial charge >= 0.3 is 0 Å². The monoisotopic (exact) mass is 238 g/mol. The van der Waals surface area contributed by atoms with E-state index in [4.69, 9.17) is 0 Å². The molecule has 0 spiro atoms. The van der Waals surface area contributed by atoms with Crippen molar-refractivity contribution in [1.29, 1.82) is 0 Å². The average molecular weight is 238 g/mol. The second-order valence-corrected chi connectivity index (χ2v) is 6.61. The number of nitrogens with one attached hydrogen (secondary N) is 1. The Bertz CT molecular complexity index is 233. The summed E-state index contributed by atoms with van der Waals surface area (Å²) in [6.45, 7) is 13.7. The maximum absolute atomic E-state index is 3.61. The van der Waals surface area contributed by atoms with Crippen LogP contribution in [0.15, 0.2) is 0 Å². The first-order chi connectivity index (χ1) is 8.15. The van der Waals surface area contributed by atoms with E-state index in [0.717, 1.165) is 11.8 Å². The lowest BCUT2D eigenvalue weighted by Gasteiger charge is -2.44. The standard InChI is InChI=1S/C15H30N2/c1-4-15(7-5-8-16-11-15)12-17-9-6-13(2)14(3)10-17/h13-14,16H,4-12H2,1-3H3. The zero-order valence-corrected chi connectivity index (χ0v) is 12.0. The molecule has 0 radical (unpaired) electrons. The number of likely N-dealkylation sites (tertiary alicyclic amines) is 1. The Morgan fingerprint density at radius 3 is 2.71 bits per heavy atom. The van der Waals surface area contributed by atoms with E-state index in [-0.39, 0.29) is 0 Å². The molecule has 2 aliphatic rings. The Balaban J connectivity index is 1.90. The van der Waals surface area contributed by atoms with Crippen LogP contribution in [-0.2, 0) is 0 Å². The molecule has 3 unspecified atom stereocenters. The highest BCUT2D eigenvalue weighted by Gasteiger charge is 2.34. The Hall–Kier alpha value is -0.0800. The van der Waals surface area contributed by atoms with Crippen molar-refractivity contribution in [1.82, 2.24) is 10.2 Å². The normalized spacial score (nSPS) is 40.4. The molecule has 3 atom stereocenters. The van der Waals surface area contributed by atoms with Gasteiger partial charge in [0.05, 0.1) is 0 Å². The molecule has 2 heterocycles. The van der Waals surface area contributed by atoms with Gasteiger partial charge in [-0.15, -0.1) is 0 Å². The van der Waals surface area contributed by atoms with E-state index in [1.165, 1.54) is 58.4 Å². The SMILES string of the molecule is CCC1(CN2CCC(C)C(C)C2)CCCNC1. The molecule has 0 amide bonds. The molecule has 0 bridgehead atoms. The first-order valence-electron chi connectivity index (χ1n) is 7.58. The summed E-state index contributed by atoms with van der Waals surface area (Å²) in [5.74, 6) is 1.81.